The highest BCUT2D eigenvalue weighted by Crippen LogP contribution is 2.25. The van der Waals surface area contributed by atoms with E-state index in [9.17, 15) is 14.9 Å². The summed E-state index contributed by atoms with van der Waals surface area (Å²) in [5, 5.41) is 13.4. The van der Waals surface area contributed by atoms with Crippen LogP contribution in [0.3, 0.4) is 0 Å². The lowest BCUT2D eigenvalue weighted by atomic mass is 10.2. The summed E-state index contributed by atoms with van der Waals surface area (Å²) in [4.78, 5) is 22.1. The average molecular weight is 400 g/mol. The summed E-state index contributed by atoms with van der Waals surface area (Å²) in [6.45, 7) is 0.541. The van der Waals surface area contributed by atoms with Gasteiger partial charge in [0.15, 0.2) is 0 Å². The van der Waals surface area contributed by atoms with Crippen molar-refractivity contribution >= 4 is 39.1 Å². The van der Waals surface area contributed by atoms with Crippen molar-refractivity contribution in [3.05, 3.63) is 67.6 Å². The topological polar surface area (TPSA) is 81.5 Å². The molecule has 0 aromatic heterocycles. The van der Waals surface area contributed by atoms with Gasteiger partial charge >= 0.3 is 0 Å². The molecule has 2 aromatic rings. The third-order valence-electron chi connectivity index (χ3n) is 2.86. The number of amides is 1. The fourth-order valence-electron chi connectivity index (χ4n) is 1.79. The van der Waals surface area contributed by atoms with Crippen molar-refractivity contribution in [1.29, 1.82) is 0 Å². The highest BCUT2D eigenvalue weighted by molar-refractivity contribution is 9.10. The van der Waals surface area contributed by atoms with Gasteiger partial charge in [0, 0.05) is 16.1 Å². The Kier molecular flexibility index (Phi) is 5.95. The average Bonchev–Trinajstić information content (AvgIpc) is 2.51. The second-order valence-corrected chi connectivity index (χ2v) is 5.81. The van der Waals surface area contributed by atoms with Crippen molar-refractivity contribution in [3.8, 4) is 5.75 Å². The van der Waals surface area contributed by atoms with Gasteiger partial charge in [-0.05, 0) is 30.3 Å². The number of ether oxygens (including phenoxy) is 1. The molecule has 0 aliphatic rings. The summed E-state index contributed by atoms with van der Waals surface area (Å²) in [5.41, 5.74) is -0.131. The number of benzene rings is 2. The first-order chi connectivity index (χ1) is 11.0. The van der Waals surface area contributed by atoms with Crippen molar-refractivity contribution in [3.63, 3.8) is 0 Å². The molecule has 23 heavy (non-hydrogen) atoms. The Bertz CT molecular complexity index is 739. The van der Waals surface area contributed by atoms with Gasteiger partial charge < -0.3 is 10.1 Å². The van der Waals surface area contributed by atoms with E-state index in [4.69, 9.17) is 16.3 Å². The van der Waals surface area contributed by atoms with Crippen molar-refractivity contribution < 1.29 is 14.5 Å². The molecule has 1 N–H and O–H groups in total. The predicted molar refractivity (Wildman–Crippen MR) is 90.1 cm³/mol. The largest absolute Gasteiger partial charge is 0.492 e. The Balaban J connectivity index is 1.88. The summed E-state index contributed by atoms with van der Waals surface area (Å²) in [6.07, 6.45) is 0. The molecular formula is C15H12BrClN2O4. The van der Waals surface area contributed by atoms with Gasteiger partial charge in [0.25, 0.3) is 11.6 Å². The van der Waals surface area contributed by atoms with Crippen molar-refractivity contribution in [2.24, 2.45) is 0 Å². The number of hydrogen-bond donors (Lipinski definition) is 1. The van der Waals surface area contributed by atoms with Gasteiger partial charge in [0.2, 0.25) is 0 Å². The first-order valence-corrected chi connectivity index (χ1v) is 7.75. The summed E-state index contributed by atoms with van der Waals surface area (Å²) >= 11 is 9.04. The quantitative estimate of drug-likeness (QED) is 0.455. The molecule has 0 unspecified atom stereocenters. The Morgan fingerprint density at radius 2 is 2.09 bits per heavy atom. The number of nitrogens with one attached hydrogen (secondary N) is 1. The fourth-order valence-corrected chi connectivity index (χ4v) is 2.35. The molecule has 0 saturated heterocycles. The lowest BCUT2D eigenvalue weighted by Gasteiger charge is -2.08. The number of carbonyl (C=O) groups is 1. The molecule has 0 fully saturated rings. The van der Waals surface area contributed by atoms with Crippen molar-refractivity contribution in [2.75, 3.05) is 13.2 Å². The second-order valence-electron chi connectivity index (χ2n) is 4.49. The molecule has 0 atom stereocenters. The van der Waals surface area contributed by atoms with E-state index in [1.54, 1.807) is 6.07 Å². The molecule has 1 amide bonds. The van der Waals surface area contributed by atoms with Gasteiger partial charge in [-0.2, -0.15) is 0 Å². The number of hydrogen-bond acceptors (Lipinski definition) is 4. The van der Waals surface area contributed by atoms with Crippen LogP contribution in [-0.4, -0.2) is 24.0 Å². The first-order valence-electron chi connectivity index (χ1n) is 6.58. The molecule has 120 valence electrons. The summed E-state index contributed by atoms with van der Waals surface area (Å²) in [7, 11) is 0. The molecule has 0 aliphatic carbocycles. The Hall–Kier alpha value is -2.12. The maximum absolute atomic E-state index is 12.0. The van der Waals surface area contributed by atoms with E-state index < -0.39 is 10.8 Å². The van der Waals surface area contributed by atoms with Crippen LogP contribution in [0.5, 0.6) is 5.75 Å². The molecular weight excluding hydrogens is 388 g/mol. The minimum Gasteiger partial charge on any atom is -0.492 e. The number of nitrogens with zero attached hydrogens (tertiary/aromatic N) is 1. The Labute approximate surface area is 145 Å². The zero-order valence-corrected chi connectivity index (χ0v) is 14.1. The van der Waals surface area contributed by atoms with Crippen LogP contribution in [0.25, 0.3) is 0 Å². The normalized spacial score (nSPS) is 10.2. The monoisotopic (exact) mass is 398 g/mol. The van der Waals surface area contributed by atoms with Crippen LogP contribution >= 0.6 is 27.5 Å². The van der Waals surface area contributed by atoms with E-state index in [2.05, 4.69) is 21.2 Å². The highest BCUT2D eigenvalue weighted by Gasteiger charge is 2.15. The maximum Gasteiger partial charge on any atom is 0.288 e. The van der Waals surface area contributed by atoms with Crippen LogP contribution in [-0.2, 0) is 0 Å². The number of halogens is 2. The summed E-state index contributed by atoms with van der Waals surface area (Å²) in [6, 6.07) is 11.2. The minimum absolute atomic E-state index is 0.00969. The maximum atomic E-state index is 12.0. The van der Waals surface area contributed by atoms with Crippen molar-refractivity contribution in [1.82, 2.24) is 5.32 Å². The van der Waals surface area contributed by atoms with Gasteiger partial charge in [-0.15, -0.1) is 0 Å². The van der Waals surface area contributed by atoms with Gasteiger partial charge in [0.1, 0.15) is 17.4 Å². The molecule has 0 spiro atoms. The van der Waals surface area contributed by atoms with E-state index in [0.717, 1.165) is 10.5 Å². The molecule has 0 radical (unpaired) electrons. The lowest BCUT2D eigenvalue weighted by Crippen LogP contribution is -2.28. The zero-order chi connectivity index (χ0) is 16.8. The molecule has 0 saturated carbocycles. The third kappa shape index (κ3) is 4.94. The fraction of sp³-hybridized carbons (Fsp3) is 0.133. The Morgan fingerprint density at radius 3 is 2.78 bits per heavy atom. The van der Waals surface area contributed by atoms with E-state index in [0.29, 0.717) is 5.75 Å². The van der Waals surface area contributed by atoms with Gasteiger partial charge in [-0.1, -0.05) is 33.6 Å². The van der Waals surface area contributed by atoms with Crippen LogP contribution in [0, 0.1) is 10.1 Å². The molecule has 0 heterocycles. The number of nitro benzene ring substituents is 1. The summed E-state index contributed by atoms with van der Waals surface area (Å²) < 4.78 is 6.38. The number of carbonyl (C=O) groups excluding carboxylic acids is 1. The zero-order valence-electron chi connectivity index (χ0n) is 11.8. The Morgan fingerprint density at radius 1 is 1.30 bits per heavy atom. The third-order valence-corrected chi connectivity index (χ3v) is 3.67. The molecule has 0 bridgehead atoms. The summed E-state index contributed by atoms with van der Waals surface area (Å²) in [5.74, 6) is 0.248. The predicted octanol–water partition coefficient (Wildman–Crippen LogP) is 3.82. The number of nitro groups is 1. The van der Waals surface area contributed by atoms with Gasteiger partial charge in [0.05, 0.1) is 11.5 Å². The molecule has 8 heteroatoms. The van der Waals surface area contributed by atoms with Crippen LogP contribution in [0.15, 0.2) is 46.9 Å². The van der Waals surface area contributed by atoms with Crippen LogP contribution in [0.4, 0.5) is 5.69 Å². The van der Waals surface area contributed by atoms with Crippen LogP contribution < -0.4 is 10.1 Å². The van der Waals surface area contributed by atoms with Crippen LogP contribution in [0.1, 0.15) is 10.4 Å². The van der Waals surface area contributed by atoms with E-state index >= 15 is 0 Å². The lowest BCUT2D eigenvalue weighted by molar-refractivity contribution is -0.384. The van der Waals surface area contributed by atoms with Crippen molar-refractivity contribution in [2.45, 2.75) is 0 Å². The smallest absolute Gasteiger partial charge is 0.288 e. The molecule has 6 nitrogen and oxygen atoms in total. The number of rotatable bonds is 6. The molecule has 0 aliphatic heterocycles. The molecule has 2 aromatic carbocycles. The van der Waals surface area contributed by atoms with Gasteiger partial charge in [-0.3, -0.25) is 14.9 Å². The van der Waals surface area contributed by atoms with Gasteiger partial charge in [-0.25, -0.2) is 0 Å². The van der Waals surface area contributed by atoms with E-state index in [1.165, 1.54) is 12.1 Å². The highest BCUT2D eigenvalue weighted by atomic mass is 79.9. The molecule has 2 rings (SSSR count). The SMILES string of the molecule is O=C(NCCOc1cccc(Br)c1)c1ccc(Cl)c([N+](=O)[O-])c1. The minimum atomic E-state index is -0.629. The van der Waals surface area contributed by atoms with E-state index in [-0.39, 0.29) is 29.4 Å². The van der Waals surface area contributed by atoms with Crippen LogP contribution in [0.2, 0.25) is 5.02 Å². The standard InChI is InChI=1S/C15H12BrClN2O4/c16-11-2-1-3-12(9-11)23-7-6-18-15(20)10-4-5-13(17)14(8-10)19(21)22/h1-5,8-9H,6-7H2,(H,18,20). The van der Waals surface area contributed by atoms with E-state index in [1.807, 2.05) is 18.2 Å². The first kappa shape index (κ1) is 17.2. The second kappa shape index (κ2) is 7.94.